The van der Waals surface area contributed by atoms with Crippen LogP contribution in [0, 0.1) is 13.0 Å². The van der Waals surface area contributed by atoms with Gasteiger partial charge in [0.25, 0.3) is 0 Å². The lowest BCUT2D eigenvalue weighted by molar-refractivity contribution is -0.136. The number of hydrazone groups is 1. The Balaban J connectivity index is 1.43. The molecule has 4 N–H and O–H groups in total. The lowest BCUT2D eigenvalue weighted by atomic mass is 9.95. The van der Waals surface area contributed by atoms with E-state index in [2.05, 4.69) is 66.3 Å². The number of methoxy groups -OCH3 is 1. The molecule has 238 valence electrons. The van der Waals surface area contributed by atoms with Crippen LogP contribution in [0.25, 0.3) is 0 Å². The van der Waals surface area contributed by atoms with Crippen molar-refractivity contribution in [2.75, 3.05) is 20.3 Å². The number of hydrogen-bond donors (Lipinski definition) is 4. The first-order valence-electron chi connectivity index (χ1n) is 13.7. The number of rotatable bonds is 13. The van der Waals surface area contributed by atoms with E-state index in [-0.39, 0.29) is 24.6 Å². The highest BCUT2D eigenvalue weighted by Crippen LogP contribution is 2.35. The molecule has 0 saturated heterocycles. The molecule has 11 nitrogen and oxygen atoms in total. The van der Waals surface area contributed by atoms with E-state index in [1.165, 1.54) is 19.4 Å². The molecule has 0 bridgehead atoms. The van der Waals surface area contributed by atoms with Crippen LogP contribution in [-0.2, 0) is 16.1 Å². The largest absolute Gasteiger partial charge is 0.490 e. The number of ether oxygens (including phenoxy) is 4. The molecule has 0 saturated carbocycles. The van der Waals surface area contributed by atoms with Gasteiger partial charge in [-0.2, -0.15) is 5.10 Å². The average Bonchev–Trinajstić information content (AvgIpc) is 3.00. The van der Waals surface area contributed by atoms with Crippen molar-refractivity contribution < 1.29 is 38.0 Å². The van der Waals surface area contributed by atoms with Crippen LogP contribution in [0.1, 0.15) is 36.6 Å². The third-order valence-corrected chi connectivity index (χ3v) is 7.89. The number of urea groups is 1. The molecule has 1 heterocycles. The van der Waals surface area contributed by atoms with Gasteiger partial charge in [0.15, 0.2) is 17.7 Å². The van der Waals surface area contributed by atoms with Crippen LogP contribution in [0.4, 0.5) is 9.18 Å². The fraction of sp³-hybridized carbons (Fsp3) is 0.258. The Kier molecular flexibility index (Phi) is 12.2. The topological polar surface area (TPSA) is 140 Å². The summed E-state index contributed by atoms with van der Waals surface area (Å²) in [5.41, 5.74) is 4.90. The molecule has 3 aromatic rings. The van der Waals surface area contributed by atoms with E-state index in [1.54, 1.807) is 50.2 Å². The van der Waals surface area contributed by atoms with Gasteiger partial charge in [0, 0.05) is 20.4 Å². The van der Waals surface area contributed by atoms with Gasteiger partial charge in [-0.05, 0) is 94.9 Å². The normalized spacial score (nSPS) is 15.3. The van der Waals surface area contributed by atoms with Crippen molar-refractivity contribution in [1.82, 2.24) is 16.1 Å². The monoisotopic (exact) mass is 844 g/mol. The first-order chi connectivity index (χ1) is 21.6. The first kappa shape index (κ1) is 34.2. The Hall–Kier alpha value is -3.64. The summed E-state index contributed by atoms with van der Waals surface area (Å²) in [5.74, 6) is 0.285. The number of benzene rings is 3. The molecular weight excluding hydrogens is 813 g/mol. The molecule has 1 aliphatic heterocycles. The quantitative estimate of drug-likeness (QED) is 0.0611. The zero-order valence-electron chi connectivity index (χ0n) is 24.5. The Morgan fingerprint density at radius 2 is 1.91 bits per heavy atom. The molecule has 0 unspecified atom stereocenters. The standard InChI is InChI=1S/C31H31FI2N4O7/c1-4-43-25-12-18(28-27(30(40)42-3)17(2)36-31(41)37-28)9-10-24(25)44-16-26(39)38-35-14-20-11-21(33)13-23(34)29(20)45-15-19-7-5-6-8-22(19)32/h5-14,26,28,38-39H,4,15-16H2,1-3H3,(H2,36,37,41)/b35-14+/t26-,28-/m0/s1. The highest BCUT2D eigenvalue weighted by molar-refractivity contribution is 14.1. The zero-order valence-corrected chi connectivity index (χ0v) is 28.8. The number of carbonyl (C=O) groups is 2. The zero-order chi connectivity index (χ0) is 32.5. The summed E-state index contributed by atoms with van der Waals surface area (Å²) in [6, 6.07) is 13.9. The molecule has 0 fully saturated rings. The Labute approximate surface area is 286 Å². The SMILES string of the molecule is CCOc1cc([C@@H]2NC(=O)NC(C)=C2C(=O)OC)ccc1OC[C@H](O)N/N=C/c1cc(I)cc(I)c1OCc1ccccc1F. The fourth-order valence-corrected chi connectivity index (χ4v) is 6.45. The molecule has 14 heteroatoms. The van der Waals surface area contributed by atoms with Gasteiger partial charge in [0.05, 0.1) is 35.1 Å². The molecule has 0 radical (unpaired) electrons. The molecule has 1 aliphatic rings. The molecule has 0 aliphatic carbocycles. The van der Waals surface area contributed by atoms with E-state index >= 15 is 0 Å². The van der Waals surface area contributed by atoms with E-state index in [0.717, 1.165) is 7.14 Å². The minimum atomic E-state index is -1.19. The van der Waals surface area contributed by atoms with Crippen LogP contribution >= 0.6 is 45.2 Å². The number of amides is 2. The highest BCUT2D eigenvalue weighted by atomic mass is 127. The van der Waals surface area contributed by atoms with E-state index in [1.807, 2.05) is 12.1 Å². The maximum absolute atomic E-state index is 14.1. The summed E-state index contributed by atoms with van der Waals surface area (Å²) in [7, 11) is 1.27. The minimum absolute atomic E-state index is 0.0405. The van der Waals surface area contributed by atoms with Crippen molar-refractivity contribution >= 4 is 63.4 Å². The maximum atomic E-state index is 14.1. The Morgan fingerprint density at radius 3 is 2.64 bits per heavy atom. The van der Waals surface area contributed by atoms with E-state index in [0.29, 0.717) is 46.2 Å². The van der Waals surface area contributed by atoms with Crippen molar-refractivity contribution in [1.29, 1.82) is 0 Å². The van der Waals surface area contributed by atoms with Crippen LogP contribution in [-0.4, -0.2) is 49.9 Å². The van der Waals surface area contributed by atoms with Crippen LogP contribution in [0.5, 0.6) is 17.2 Å². The third-order valence-electron chi connectivity index (χ3n) is 6.47. The van der Waals surface area contributed by atoms with Crippen molar-refractivity contribution in [3.63, 3.8) is 0 Å². The van der Waals surface area contributed by atoms with Gasteiger partial charge in [-0.3, -0.25) is 5.43 Å². The van der Waals surface area contributed by atoms with Crippen LogP contribution in [0.2, 0.25) is 0 Å². The number of aliphatic hydroxyl groups is 1. The second-order valence-corrected chi connectivity index (χ2v) is 12.0. The van der Waals surface area contributed by atoms with Gasteiger partial charge in [-0.25, -0.2) is 14.0 Å². The van der Waals surface area contributed by atoms with Crippen LogP contribution in [0.15, 0.2) is 71.0 Å². The van der Waals surface area contributed by atoms with Crippen molar-refractivity contribution in [2.24, 2.45) is 5.10 Å². The predicted molar refractivity (Wildman–Crippen MR) is 182 cm³/mol. The molecule has 45 heavy (non-hydrogen) atoms. The van der Waals surface area contributed by atoms with Gasteiger partial charge in [0.1, 0.15) is 24.8 Å². The van der Waals surface area contributed by atoms with Crippen molar-refractivity contribution in [3.8, 4) is 17.2 Å². The second kappa shape index (κ2) is 16.1. The lowest BCUT2D eigenvalue weighted by Gasteiger charge is -2.28. The predicted octanol–water partition coefficient (Wildman–Crippen LogP) is 5.13. The van der Waals surface area contributed by atoms with Gasteiger partial charge < -0.3 is 34.7 Å². The van der Waals surface area contributed by atoms with E-state index in [9.17, 15) is 19.1 Å². The highest BCUT2D eigenvalue weighted by Gasteiger charge is 2.32. The Morgan fingerprint density at radius 1 is 1.13 bits per heavy atom. The summed E-state index contributed by atoms with van der Waals surface area (Å²) in [5, 5.41) is 20.0. The number of carbonyl (C=O) groups excluding carboxylic acids is 2. The maximum Gasteiger partial charge on any atom is 0.337 e. The molecule has 0 aromatic heterocycles. The average molecular weight is 844 g/mol. The Bertz CT molecular complexity index is 1620. The fourth-order valence-electron chi connectivity index (χ4n) is 4.41. The van der Waals surface area contributed by atoms with Crippen molar-refractivity contribution in [2.45, 2.75) is 32.7 Å². The summed E-state index contributed by atoms with van der Waals surface area (Å²) in [4.78, 5) is 24.6. The lowest BCUT2D eigenvalue weighted by Crippen LogP contribution is -2.45. The first-order valence-corrected chi connectivity index (χ1v) is 15.8. The van der Waals surface area contributed by atoms with Gasteiger partial charge >= 0.3 is 12.0 Å². The number of aliphatic hydroxyl groups excluding tert-OH is 1. The third kappa shape index (κ3) is 8.97. The number of nitrogens with one attached hydrogen (secondary N) is 3. The van der Waals surface area contributed by atoms with Crippen LogP contribution < -0.4 is 30.3 Å². The molecular formula is C31H31FI2N4O7. The number of nitrogens with zero attached hydrogens (tertiary/aromatic N) is 1. The summed E-state index contributed by atoms with van der Waals surface area (Å²) in [6.07, 6.45) is 0.312. The van der Waals surface area contributed by atoms with Gasteiger partial charge in [0.2, 0.25) is 0 Å². The van der Waals surface area contributed by atoms with Gasteiger partial charge in [-0.1, -0.05) is 24.3 Å². The molecule has 4 rings (SSSR count). The minimum Gasteiger partial charge on any atom is -0.490 e. The number of esters is 1. The molecule has 2 amide bonds. The van der Waals surface area contributed by atoms with E-state index < -0.39 is 24.3 Å². The summed E-state index contributed by atoms with van der Waals surface area (Å²) < 4.78 is 38.3. The molecule has 0 spiro atoms. The summed E-state index contributed by atoms with van der Waals surface area (Å²) in [6.45, 7) is 3.60. The molecule has 3 aromatic carbocycles. The van der Waals surface area contributed by atoms with Gasteiger partial charge in [-0.15, -0.1) is 0 Å². The number of hydrogen-bond acceptors (Lipinski definition) is 9. The smallest absolute Gasteiger partial charge is 0.337 e. The van der Waals surface area contributed by atoms with Crippen molar-refractivity contribution in [3.05, 3.63) is 95.5 Å². The summed E-state index contributed by atoms with van der Waals surface area (Å²) >= 11 is 4.33. The second-order valence-electron chi connectivity index (χ2n) is 9.60. The molecule has 2 atom stereocenters. The van der Waals surface area contributed by atoms with Crippen LogP contribution in [0.3, 0.4) is 0 Å². The number of halogens is 3. The number of allylic oxidation sites excluding steroid dienone is 1. The van der Waals surface area contributed by atoms with E-state index in [4.69, 9.17) is 18.9 Å².